The van der Waals surface area contributed by atoms with Crippen molar-refractivity contribution in [1.82, 2.24) is 4.90 Å². The second kappa shape index (κ2) is 6.38. The SMILES string of the molecule is C[C@@H](CO)N1CCN(c2ccc(Br)cc2C#N)CC1. The van der Waals surface area contributed by atoms with Gasteiger partial charge in [0.1, 0.15) is 6.07 Å². The zero-order chi connectivity index (χ0) is 13.8. The van der Waals surface area contributed by atoms with Gasteiger partial charge in [-0.05, 0) is 25.1 Å². The van der Waals surface area contributed by atoms with Crippen LogP contribution in [0.1, 0.15) is 12.5 Å². The molecule has 1 N–H and O–H groups in total. The molecule has 0 radical (unpaired) electrons. The molecule has 0 bridgehead atoms. The summed E-state index contributed by atoms with van der Waals surface area (Å²) in [6, 6.07) is 8.29. The van der Waals surface area contributed by atoms with Crippen LogP contribution >= 0.6 is 15.9 Å². The first-order valence-electron chi connectivity index (χ1n) is 6.45. The third-order valence-corrected chi connectivity index (χ3v) is 4.11. The van der Waals surface area contributed by atoms with Gasteiger partial charge in [0.05, 0.1) is 17.9 Å². The van der Waals surface area contributed by atoms with E-state index in [1.807, 2.05) is 25.1 Å². The minimum atomic E-state index is 0.196. The van der Waals surface area contributed by atoms with E-state index in [1.165, 1.54) is 0 Å². The second-order valence-corrected chi connectivity index (χ2v) is 5.74. The Morgan fingerprint density at radius 1 is 1.37 bits per heavy atom. The summed E-state index contributed by atoms with van der Waals surface area (Å²) in [5, 5.41) is 18.4. The fourth-order valence-corrected chi connectivity index (χ4v) is 2.75. The molecule has 1 aromatic rings. The number of hydrogen-bond acceptors (Lipinski definition) is 4. The lowest BCUT2D eigenvalue weighted by Gasteiger charge is -2.38. The zero-order valence-corrected chi connectivity index (χ0v) is 12.6. The topological polar surface area (TPSA) is 50.5 Å². The molecule has 2 rings (SSSR count). The molecule has 1 aliphatic heterocycles. The number of piperazine rings is 1. The second-order valence-electron chi connectivity index (χ2n) is 4.83. The minimum Gasteiger partial charge on any atom is -0.395 e. The van der Waals surface area contributed by atoms with E-state index >= 15 is 0 Å². The zero-order valence-electron chi connectivity index (χ0n) is 11.0. The number of rotatable bonds is 3. The Morgan fingerprint density at radius 3 is 2.63 bits per heavy atom. The number of hydrogen-bond donors (Lipinski definition) is 1. The molecule has 4 nitrogen and oxygen atoms in total. The van der Waals surface area contributed by atoms with Crippen LogP contribution < -0.4 is 4.90 Å². The Kier molecular flexibility index (Phi) is 4.81. The number of nitriles is 1. The third kappa shape index (κ3) is 3.27. The van der Waals surface area contributed by atoms with Gasteiger partial charge in [-0.25, -0.2) is 0 Å². The number of halogens is 1. The van der Waals surface area contributed by atoms with Crippen molar-refractivity contribution >= 4 is 21.6 Å². The van der Waals surface area contributed by atoms with Gasteiger partial charge in [-0.15, -0.1) is 0 Å². The van der Waals surface area contributed by atoms with Crippen molar-refractivity contribution in [2.24, 2.45) is 0 Å². The van der Waals surface area contributed by atoms with E-state index in [9.17, 15) is 10.4 Å². The molecular weight excluding hydrogens is 306 g/mol. The molecule has 0 aliphatic carbocycles. The van der Waals surface area contributed by atoms with Gasteiger partial charge >= 0.3 is 0 Å². The lowest BCUT2D eigenvalue weighted by atomic mass is 10.1. The van der Waals surface area contributed by atoms with Crippen molar-refractivity contribution in [3.63, 3.8) is 0 Å². The molecule has 102 valence electrons. The van der Waals surface area contributed by atoms with Crippen molar-refractivity contribution in [2.75, 3.05) is 37.7 Å². The maximum atomic E-state index is 9.21. The molecule has 19 heavy (non-hydrogen) atoms. The summed E-state index contributed by atoms with van der Waals surface area (Å²) in [6.07, 6.45) is 0. The Hall–Kier alpha value is -1.09. The molecule has 0 saturated carbocycles. The Morgan fingerprint density at radius 2 is 2.05 bits per heavy atom. The van der Waals surface area contributed by atoms with Crippen LogP contribution in [-0.2, 0) is 0 Å². The fourth-order valence-electron chi connectivity index (χ4n) is 2.39. The van der Waals surface area contributed by atoms with Crippen LogP contribution in [0.25, 0.3) is 0 Å². The molecule has 0 amide bonds. The maximum absolute atomic E-state index is 9.21. The van der Waals surface area contributed by atoms with Crippen LogP contribution in [-0.4, -0.2) is 48.8 Å². The van der Waals surface area contributed by atoms with E-state index in [0.717, 1.165) is 36.3 Å². The number of benzene rings is 1. The monoisotopic (exact) mass is 323 g/mol. The maximum Gasteiger partial charge on any atom is 0.101 e. The molecular formula is C14H18BrN3O. The first-order chi connectivity index (χ1) is 9.15. The molecule has 0 spiro atoms. The molecule has 1 fully saturated rings. The summed E-state index contributed by atoms with van der Waals surface area (Å²) in [4.78, 5) is 4.52. The summed E-state index contributed by atoms with van der Waals surface area (Å²) in [6.45, 7) is 5.85. The Labute approximate surface area is 122 Å². The van der Waals surface area contributed by atoms with Gasteiger partial charge in [0.2, 0.25) is 0 Å². The summed E-state index contributed by atoms with van der Waals surface area (Å²) in [5.41, 5.74) is 1.71. The van der Waals surface area contributed by atoms with Crippen molar-refractivity contribution in [2.45, 2.75) is 13.0 Å². The quantitative estimate of drug-likeness (QED) is 0.922. The molecule has 1 heterocycles. The minimum absolute atomic E-state index is 0.196. The lowest BCUT2D eigenvalue weighted by molar-refractivity contribution is 0.128. The van der Waals surface area contributed by atoms with Gasteiger partial charge in [0.25, 0.3) is 0 Å². The Balaban J connectivity index is 2.08. The van der Waals surface area contributed by atoms with E-state index in [4.69, 9.17) is 0 Å². The number of anilines is 1. The highest BCUT2D eigenvalue weighted by Gasteiger charge is 2.22. The molecule has 1 saturated heterocycles. The van der Waals surface area contributed by atoms with E-state index in [-0.39, 0.29) is 12.6 Å². The van der Waals surface area contributed by atoms with Crippen LogP contribution in [0.15, 0.2) is 22.7 Å². The van der Waals surface area contributed by atoms with Gasteiger partial charge in [-0.1, -0.05) is 15.9 Å². The molecule has 1 aromatic carbocycles. The number of aliphatic hydroxyl groups is 1. The highest BCUT2D eigenvalue weighted by atomic mass is 79.9. The van der Waals surface area contributed by atoms with Crippen molar-refractivity contribution < 1.29 is 5.11 Å². The largest absolute Gasteiger partial charge is 0.395 e. The van der Waals surface area contributed by atoms with E-state index < -0.39 is 0 Å². The van der Waals surface area contributed by atoms with Crippen molar-refractivity contribution in [1.29, 1.82) is 5.26 Å². The molecule has 0 aromatic heterocycles. The van der Waals surface area contributed by atoms with E-state index in [2.05, 4.69) is 31.8 Å². The van der Waals surface area contributed by atoms with Gasteiger partial charge in [0.15, 0.2) is 0 Å². The molecule has 5 heteroatoms. The van der Waals surface area contributed by atoms with E-state index in [0.29, 0.717) is 5.56 Å². The van der Waals surface area contributed by atoms with Gasteiger partial charge in [-0.3, -0.25) is 4.90 Å². The summed E-state index contributed by atoms with van der Waals surface area (Å²) >= 11 is 3.39. The average molecular weight is 324 g/mol. The van der Waals surface area contributed by atoms with Crippen LogP contribution in [0.2, 0.25) is 0 Å². The summed E-state index contributed by atoms with van der Waals surface area (Å²) < 4.78 is 0.931. The first kappa shape index (κ1) is 14.3. The summed E-state index contributed by atoms with van der Waals surface area (Å²) in [7, 11) is 0. The summed E-state index contributed by atoms with van der Waals surface area (Å²) in [5.74, 6) is 0. The normalized spacial score (nSPS) is 18.1. The third-order valence-electron chi connectivity index (χ3n) is 3.62. The average Bonchev–Trinajstić information content (AvgIpc) is 2.46. The van der Waals surface area contributed by atoms with Gasteiger partial charge in [-0.2, -0.15) is 5.26 Å². The van der Waals surface area contributed by atoms with Crippen LogP contribution in [0.3, 0.4) is 0 Å². The smallest absolute Gasteiger partial charge is 0.101 e. The van der Waals surface area contributed by atoms with Crippen molar-refractivity contribution in [3.8, 4) is 6.07 Å². The van der Waals surface area contributed by atoms with Gasteiger partial charge in [0, 0.05) is 36.7 Å². The predicted octanol–water partition coefficient (Wildman–Crippen LogP) is 1.82. The standard InChI is InChI=1S/C14H18BrN3O/c1-11(10-19)17-4-6-18(7-5-17)14-3-2-13(15)8-12(14)9-16/h2-3,8,11,19H,4-7,10H2,1H3/t11-/m0/s1. The van der Waals surface area contributed by atoms with Gasteiger partial charge < -0.3 is 10.0 Å². The fraction of sp³-hybridized carbons (Fsp3) is 0.500. The number of nitrogens with zero attached hydrogens (tertiary/aromatic N) is 3. The van der Waals surface area contributed by atoms with E-state index in [1.54, 1.807) is 0 Å². The van der Waals surface area contributed by atoms with Crippen LogP contribution in [0.4, 0.5) is 5.69 Å². The highest BCUT2D eigenvalue weighted by Crippen LogP contribution is 2.25. The van der Waals surface area contributed by atoms with Crippen molar-refractivity contribution in [3.05, 3.63) is 28.2 Å². The molecule has 1 atom stereocenters. The van der Waals surface area contributed by atoms with Crippen LogP contribution in [0, 0.1) is 11.3 Å². The molecule has 0 unspecified atom stereocenters. The predicted molar refractivity (Wildman–Crippen MR) is 79.2 cm³/mol. The molecule has 1 aliphatic rings. The number of aliphatic hydroxyl groups excluding tert-OH is 1. The highest BCUT2D eigenvalue weighted by molar-refractivity contribution is 9.10. The van der Waals surface area contributed by atoms with Crippen LogP contribution in [0.5, 0.6) is 0 Å². The Bertz CT molecular complexity index is 478. The lowest BCUT2D eigenvalue weighted by Crippen LogP contribution is -2.50. The first-order valence-corrected chi connectivity index (χ1v) is 7.24.